The number of hydrogen-bond donors (Lipinski definition) is 0. The maximum absolute atomic E-state index is 13.1. The van der Waals surface area contributed by atoms with Gasteiger partial charge in [0.2, 0.25) is 5.91 Å². The van der Waals surface area contributed by atoms with Gasteiger partial charge in [0.05, 0.1) is 11.1 Å². The standard InChI is InChI=1S/C22H19F3N2O2/c1-2-14-7-5-8-16-17(21(29)22(23,24)25)12-26(20(14)16)13-19(28)27-11-10-15-6-3-4-9-18(15)27/h3-9,12H,2,10-11,13H2,1H3. The minimum atomic E-state index is -4.97. The van der Waals surface area contributed by atoms with Crippen LogP contribution < -0.4 is 4.90 Å². The number of halogens is 3. The summed E-state index contributed by atoms with van der Waals surface area (Å²) in [7, 11) is 0. The van der Waals surface area contributed by atoms with Crippen molar-refractivity contribution >= 4 is 28.3 Å². The van der Waals surface area contributed by atoms with E-state index in [0.717, 1.165) is 23.2 Å². The minimum absolute atomic E-state index is 0.132. The summed E-state index contributed by atoms with van der Waals surface area (Å²) in [6.07, 6.45) is -2.49. The first kappa shape index (κ1) is 19.2. The summed E-state index contributed by atoms with van der Waals surface area (Å²) in [5, 5.41) is 0.223. The van der Waals surface area contributed by atoms with E-state index in [9.17, 15) is 22.8 Å². The summed E-state index contributed by atoms with van der Waals surface area (Å²) in [5.74, 6) is -2.11. The summed E-state index contributed by atoms with van der Waals surface area (Å²) in [6, 6.07) is 12.5. The summed E-state index contributed by atoms with van der Waals surface area (Å²) in [6.45, 7) is 2.29. The van der Waals surface area contributed by atoms with Crippen LogP contribution in [-0.2, 0) is 24.2 Å². The third-order valence-corrected chi connectivity index (χ3v) is 5.36. The number of Topliss-reactive ketones (excluding diaryl/α,β-unsaturated/α-hetero) is 1. The van der Waals surface area contributed by atoms with Gasteiger partial charge in [0.25, 0.3) is 5.78 Å². The maximum atomic E-state index is 13.1. The van der Waals surface area contributed by atoms with Gasteiger partial charge in [-0.3, -0.25) is 9.59 Å². The molecule has 0 saturated heterocycles. The number of carbonyl (C=O) groups excluding carboxylic acids is 2. The van der Waals surface area contributed by atoms with Crippen molar-refractivity contribution < 1.29 is 22.8 Å². The number of amides is 1. The van der Waals surface area contributed by atoms with Gasteiger partial charge in [0.1, 0.15) is 6.54 Å². The van der Waals surface area contributed by atoms with E-state index in [1.807, 2.05) is 31.2 Å². The molecule has 0 bridgehead atoms. The zero-order chi connectivity index (χ0) is 20.8. The number of hydrogen-bond acceptors (Lipinski definition) is 2. The fraction of sp³-hybridized carbons (Fsp3) is 0.273. The molecule has 4 rings (SSSR count). The first-order valence-electron chi connectivity index (χ1n) is 9.41. The molecule has 1 aromatic heterocycles. The number of anilines is 1. The molecule has 1 amide bonds. The highest BCUT2D eigenvalue weighted by molar-refractivity contribution is 6.11. The van der Waals surface area contributed by atoms with E-state index in [2.05, 4.69) is 0 Å². The quantitative estimate of drug-likeness (QED) is 0.604. The van der Waals surface area contributed by atoms with E-state index in [0.29, 0.717) is 18.5 Å². The van der Waals surface area contributed by atoms with Crippen molar-refractivity contribution in [1.29, 1.82) is 0 Å². The maximum Gasteiger partial charge on any atom is 0.454 e. The summed E-state index contributed by atoms with van der Waals surface area (Å²) in [4.78, 5) is 26.6. The number of para-hydroxylation sites is 2. The Morgan fingerprint density at radius 2 is 1.83 bits per heavy atom. The average Bonchev–Trinajstić information content (AvgIpc) is 3.28. The van der Waals surface area contributed by atoms with Crippen LogP contribution in [0.1, 0.15) is 28.4 Å². The van der Waals surface area contributed by atoms with Gasteiger partial charge in [-0.05, 0) is 30.0 Å². The topological polar surface area (TPSA) is 42.3 Å². The molecule has 2 aromatic carbocycles. The fourth-order valence-corrected chi connectivity index (χ4v) is 4.01. The van der Waals surface area contributed by atoms with E-state index in [-0.39, 0.29) is 17.8 Å². The molecule has 7 heteroatoms. The Morgan fingerprint density at radius 3 is 2.55 bits per heavy atom. The second-order valence-corrected chi connectivity index (χ2v) is 7.09. The molecule has 0 saturated carbocycles. The van der Waals surface area contributed by atoms with E-state index < -0.39 is 17.5 Å². The Hall–Kier alpha value is -3.09. The number of nitrogens with zero attached hydrogens (tertiary/aromatic N) is 2. The van der Waals surface area contributed by atoms with Crippen LogP contribution in [0.15, 0.2) is 48.7 Å². The molecule has 4 nitrogen and oxygen atoms in total. The van der Waals surface area contributed by atoms with E-state index in [4.69, 9.17) is 0 Å². The van der Waals surface area contributed by atoms with E-state index >= 15 is 0 Å². The first-order valence-corrected chi connectivity index (χ1v) is 9.41. The molecule has 150 valence electrons. The van der Waals surface area contributed by atoms with Crippen molar-refractivity contribution in [2.45, 2.75) is 32.5 Å². The molecule has 2 heterocycles. The number of aryl methyl sites for hydroxylation is 1. The van der Waals surface area contributed by atoms with Crippen LogP contribution in [0.2, 0.25) is 0 Å². The van der Waals surface area contributed by atoms with Crippen LogP contribution in [0.5, 0.6) is 0 Å². The van der Waals surface area contributed by atoms with Crippen LogP contribution in [-0.4, -0.2) is 29.0 Å². The fourth-order valence-electron chi connectivity index (χ4n) is 4.01. The molecule has 0 N–H and O–H groups in total. The van der Waals surface area contributed by atoms with Crippen molar-refractivity contribution in [1.82, 2.24) is 4.57 Å². The van der Waals surface area contributed by atoms with Gasteiger partial charge < -0.3 is 9.47 Å². The second kappa shape index (κ2) is 7.06. The molecule has 0 unspecified atom stereocenters. The van der Waals surface area contributed by atoms with Crippen molar-refractivity contribution in [2.24, 2.45) is 0 Å². The molecule has 0 fully saturated rings. The third kappa shape index (κ3) is 3.30. The zero-order valence-corrected chi connectivity index (χ0v) is 15.8. The van der Waals surface area contributed by atoms with Gasteiger partial charge in [0, 0.05) is 23.8 Å². The number of fused-ring (bicyclic) bond motifs is 2. The lowest BCUT2D eigenvalue weighted by molar-refractivity contribution is -0.119. The van der Waals surface area contributed by atoms with Gasteiger partial charge in [-0.2, -0.15) is 13.2 Å². The molecule has 0 spiro atoms. The zero-order valence-electron chi connectivity index (χ0n) is 15.8. The van der Waals surface area contributed by atoms with E-state index in [1.54, 1.807) is 17.0 Å². The Morgan fingerprint density at radius 1 is 1.07 bits per heavy atom. The second-order valence-electron chi connectivity index (χ2n) is 7.09. The van der Waals surface area contributed by atoms with Crippen molar-refractivity contribution in [3.63, 3.8) is 0 Å². The van der Waals surface area contributed by atoms with Crippen LogP contribution in [0.3, 0.4) is 0 Å². The molecular formula is C22H19F3N2O2. The number of alkyl halides is 3. The molecule has 1 aliphatic rings. The average molecular weight is 400 g/mol. The lowest BCUT2D eigenvalue weighted by Gasteiger charge is -2.18. The van der Waals surface area contributed by atoms with Gasteiger partial charge in [0.15, 0.2) is 0 Å². The molecule has 3 aromatic rings. The lowest BCUT2D eigenvalue weighted by Crippen LogP contribution is -2.32. The minimum Gasteiger partial charge on any atom is -0.337 e. The lowest BCUT2D eigenvalue weighted by atomic mass is 10.0. The Balaban J connectivity index is 1.76. The monoisotopic (exact) mass is 400 g/mol. The Bertz CT molecular complexity index is 1110. The van der Waals surface area contributed by atoms with Crippen LogP contribution in [0, 0.1) is 0 Å². The number of ketones is 1. The summed E-state index contributed by atoms with van der Waals surface area (Å²) >= 11 is 0. The highest BCUT2D eigenvalue weighted by Gasteiger charge is 2.41. The van der Waals surface area contributed by atoms with Gasteiger partial charge in [-0.25, -0.2) is 0 Å². The van der Waals surface area contributed by atoms with E-state index in [1.165, 1.54) is 16.8 Å². The predicted octanol–water partition coefficient (Wildman–Crippen LogP) is 4.54. The van der Waals surface area contributed by atoms with Gasteiger partial charge in [-0.15, -0.1) is 0 Å². The third-order valence-electron chi connectivity index (χ3n) is 5.36. The molecular weight excluding hydrogens is 381 g/mol. The van der Waals surface area contributed by atoms with Gasteiger partial charge >= 0.3 is 6.18 Å². The SMILES string of the molecule is CCc1cccc2c(C(=O)C(F)(F)F)cn(CC(=O)N3CCc4ccccc43)c12. The van der Waals surface area contributed by atoms with Crippen molar-refractivity contribution in [2.75, 3.05) is 11.4 Å². The predicted molar refractivity (Wildman–Crippen MR) is 104 cm³/mol. The largest absolute Gasteiger partial charge is 0.454 e. The molecule has 0 aliphatic carbocycles. The van der Waals surface area contributed by atoms with Crippen LogP contribution in [0.4, 0.5) is 18.9 Å². The summed E-state index contributed by atoms with van der Waals surface area (Å²) < 4.78 is 40.8. The normalized spacial score (nSPS) is 13.7. The molecule has 1 aliphatic heterocycles. The van der Waals surface area contributed by atoms with Crippen molar-refractivity contribution in [3.8, 4) is 0 Å². The summed E-state index contributed by atoms with van der Waals surface area (Å²) in [5.41, 5.74) is 2.77. The Labute approximate surface area is 165 Å². The molecule has 0 radical (unpaired) electrons. The first-order chi connectivity index (χ1) is 13.8. The van der Waals surface area contributed by atoms with Crippen LogP contribution in [0.25, 0.3) is 10.9 Å². The highest BCUT2D eigenvalue weighted by atomic mass is 19.4. The number of aromatic nitrogens is 1. The molecule has 29 heavy (non-hydrogen) atoms. The van der Waals surface area contributed by atoms with Crippen LogP contribution >= 0.6 is 0 Å². The smallest absolute Gasteiger partial charge is 0.337 e. The number of rotatable bonds is 4. The van der Waals surface area contributed by atoms with Gasteiger partial charge in [-0.1, -0.05) is 43.3 Å². The Kier molecular flexibility index (Phi) is 4.68. The molecule has 0 atom stereocenters. The highest BCUT2D eigenvalue weighted by Crippen LogP contribution is 2.32. The number of benzene rings is 2. The van der Waals surface area contributed by atoms with Crippen molar-refractivity contribution in [3.05, 3.63) is 65.4 Å². The number of carbonyl (C=O) groups is 2.